The van der Waals surface area contributed by atoms with Crippen LogP contribution in [0.5, 0.6) is 0 Å². The molecule has 22 heavy (non-hydrogen) atoms. The standard InChI is InChI=1S/C16H15N3O3/c20-15(18-10-4-6-12-5-3-9-17-11-12)19-13-7-1-2-8-14(13)22-16(19)21/h1-3,5,7-9,11H,4,6,10H2,(H,18,20). The molecule has 0 saturated heterocycles. The minimum Gasteiger partial charge on any atom is -0.407 e. The summed E-state index contributed by atoms with van der Waals surface area (Å²) in [6.45, 7) is 0.472. The smallest absolute Gasteiger partial charge is 0.407 e. The van der Waals surface area contributed by atoms with Crippen LogP contribution in [0.25, 0.3) is 11.1 Å². The Morgan fingerprint density at radius 3 is 2.91 bits per heavy atom. The zero-order valence-corrected chi connectivity index (χ0v) is 11.9. The van der Waals surface area contributed by atoms with Gasteiger partial charge in [-0.15, -0.1) is 0 Å². The molecule has 0 fully saturated rings. The van der Waals surface area contributed by atoms with Gasteiger partial charge in [0.25, 0.3) is 0 Å². The fraction of sp³-hybridized carbons (Fsp3) is 0.188. The maximum Gasteiger partial charge on any atom is 0.428 e. The number of nitrogens with one attached hydrogen (secondary N) is 1. The summed E-state index contributed by atoms with van der Waals surface area (Å²) in [7, 11) is 0. The third-order valence-corrected chi connectivity index (χ3v) is 3.33. The van der Waals surface area contributed by atoms with E-state index in [0.717, 1.165) is 23.0 Å². The van der Waals surface area contributed by atoms with Crippen molar-refractivity contribution in [2.24, 2.45) is 0 Å². The summed E-state index contributed by atoms with van der Waals surface area (Å²) in [6.07, 6.45) is 5.11. The number of benzene rings is 1. The zero-order valence-electron chi connectivity index (χ0n) is 11.9. The fourth-order valence-electron chi connectivity index (χ4n) is 2.27. The minimum absolute atomic E-state index is 0.401. The van der Waals surface area contributed by atoms with E-state index >= 15 is 0 Å². The van der Waals surface area contributed by atoms with Crippen molar-refractivity contribution in [2.75, 3.05) is 6.54 Å². The van der Waals surface area contributed by atoms with Crippen LogP contribution in [0.3, 0.4) is 0 Å². The summed E-state index contributed by atoms with van der Waals surface area (Å²) >= 11 is 0. The normalized spacial score (nSPS) is 10.7. The lowest BCUT2D eigenvalue weighted by Gasteiger charge is -2.05. The zero-order chi connectivity index (χ0) is 15.4. The number of amides is 1. The van der Waals surface area contributed by atoms with Gasteiger partial charge in [-0.25, -0.2) is 9.59 Å². The van der Waals surface area contributed by atoms with E-state index in [9.17, 15) is 9.59 Å². The first kappa shape index (κ1) is 14.1. The van der Waals surface area contributed by atoms with Crippen LogP contribution in [0.1, 0.15) is 12.0 Å². The van der Waals surface area contributed by atoms with Crippen molar-refractivity contribution in [3.63, 3.8) is 0 Å². The number of carbonyl (C=O) groups is 1. The Kier molecular flexibility index (Phi) is 4.00. The maximum absolute atomic E-state index is 12.1. The Morgan fingerprint density at radius 2 is 2.09 bits per heavy atom. The Labute approximate surface area is 126 Å². The summed E-state index contributed by atoms with van der Waals surface area (Å²) in [5.41, 5.74) is 1.98. The molecule has 3 aromatic rings. The van der Waals surface area contributed by atoms with E-state index in [0.29, 0.717) is 17.6 Å². The van der Waals surface area contributed by atoms with Crippen LogP contribution in [0, 0.1) is 0 Å². The number of hydrogen-bond donors (Lipinski definition) is 1. The van der Waals surface area contributed by atoms with Crippen molar-refractivity contribution < 1.29 is 9.21 Å². The van der Waals surface area contributed by atoms with E-state index in [4.69, 9.17) is 4.42 Å². The molecule has 0 aliphatic heterocycles. The lowest BCUT2D eigenvalue weighted by molar-refractivity contribution is 0.241. The van der Waals surface area contributed by atoms with Crippen LogP contribution >= 0.6 is 0 Å². The van der Waals surface area contributed by atoms with Crippen molar-refractivity contribution in [3.05, 3.63) is 64.9 Å². The molecule has 0 saturated carbocycles. The van der Waals surface area contributed by atoms with Gasteiger partial charge in [0.05, 0.1) is 5.52 Å². The van der Waals surface area contributed by atoms with Crippen molar-refractivity contribution in [2.45, 2.75) is 12.8 Å². The number of fused-ring (bicyclic) bond motifs is 1. The van der Waals surface area contributed by atoms with Crippen LogP contribution < -0.4 is 11.1 Å². The van der Waals surface area contributed by atoms with Crippen molar-refractivity contribution in [3.8, 4) is 0 Å². The van der Waals surface area contributed by atoms with Gasteiger partial charge in [0.2, 0.25) is 0 Å². The molecule has 1 aromatic carbocycles. The second-order valence-corrected chi connectivity index (χ2v) is 4.87. The quantitative estimate of drug-likeness (QED) is 0.749. The summed E-state index contributed by atoms with van der Waals surface area (Å²) in [6, 6.07) is 10.2. The molecule has 3 rings (SSSR count). The number of hydrogen-bond acceptors (Lipinski definition) is 4. The Bertz CT molecular complexity index is 836. The summed E-state index contributed by atoms with van der Waals surface area (Å²) in [5, 5.41) is 2.73. The number of aryl methyl sites for hydroxylation is 1. The average Bonchev–Trinajstić information content (AvgIpc) is 2.88. The predicted molar refractivity (Wildman–Crippen MR) is 81.8 cm³/mol. The Morgan fingerprint density at radius 1 is 1.23 bits per heavy atom. The molecule has 2 heterocycles. The van der Waals surface area contributed by atoms with Crippen molar-refractivity contribution >= 4 is 17.1 Å². The van der Waals surface area contributed by atoms with Gasteiger partial charge < -0.3 is 9.73 Å². The third-order valence-electron chi connectivity index (χ3n) is 3.33. The molecular weight excluding hydrogens is 282 g/mol. The SMILES string of the molecule is O=C(NCCCc1cccnc1)n1c(=O)oc2ccccc21. The van der Waals surface area contributed by atoms with Crippen LogP contribution in [0.4, 0.5) is 4.79 Å². The summed E-state index contributed by atoms with van der Waals surface area (Å²) in [5.74, 6) is -0.675. The number of carbonyl (C=O) groups excluding carboxylic acids is 1. The topological polar surface area (TPSA) is 77.1 Å². The number of pyridine rings is 1. The van der Waals surface area contributed by atoms with E-state index < -0.39 is 11.8 Å². The second-order valence-electron chi connectivity index (χ2n) is 4.87. The second kappa shape index (κ2) is 6.26. The van der Waals surface area contributed by atoms with Gasteiger partial charge in [0, 0.05) is 18.9 Å². The van der Waals surface area contributed by atoms with Crippen LogP contribution in [0.15, 0.2) is 58.0 Å². The number of oxazole rings is 1. The first-order valence-corrected chi connectivity index (χ1v) is 7.03. The summed E-state index contributed by atoms with van der Waals surface area (Å²) in [4.78, 5) is 27.9. The molecule has 0 spiro atoms. The van der Waals surface area contributed by atoms with Crippen molar-refractivity contribution in [1.82, 2.24) is 14.9 Å². The molecule has 0 atom stereocenters. The van der Waals surface area contributed by atoms with Gasteiger partial charge in [0.15, 0.2) is 5.58 Å². The van der Waals surface area contributed by atoms with E-state index in [2.05, 4.69) is 10.3 Å². The monoisotopic (exact) mass is 297 g/mol. The van der Waals surface area contributed by atoms with Gasteiger partial charge in [-0.05, 0) is 36.6 Å². The molecule has 0 radical (unpaired) electrons. The number of nitrogens with zero attached hydrogens (tertiary/aromatic N) is 2. The largest absolute Gasteiger partial charge is 0.428 e. The predicted octanol–water partition coefficient (Wildman–Crippen LogP) is 2.18. The molecule has 112 valence electrons. The van der Waals surface area contributed by atoms with Gasteiger partial charge >= 0.3 is 11.8 Å². The molecule has 0 unspecified atom stereocenters. The van der Waals surface area contributed by atoms with E-state index in [-0.39, 0.29) is 0 Å². The molecule has 2 aromatic heterocycles. The average molecular weight is 297 g/mol. The van der Waals surface area contributed by atoms with E-state index in [1.165, 1.54) is 0 Å². The summed E-state index contributed by atoms with van der Waals surface area (Å²) < 4.78 is 6.05. The Balaban J connectivity index is 1.62. The molecule has 1 amide bonds. The molecule has 0 aliphatic carbocycles. The molecule has 6 heteroatoms. The number of rotatable bonds is 4. The molecular formula is C16H15N3O3. The van der Waals surface area contributed by atoms with Gasteiger partial charge in [0.1, 0.15) is 0 Å². The van der Waals surface area contributed by atoms with E-state index in [1.54, 1.807) is 36.7 Å². The number of para-hydroxylation sites is 2. The highest BCUT2D eigenvalue weighted by atomic mass is 16.4. The highest BCUT2D eigenvalue weighted by Crippen LogP contribution is 2.11. The highest BCUT2D eigenvalue weighted by Gasteiger charge is 2.14. The Hall–Kier alpha value is -2.89. The molecule has 1 N–H and O–H groups in total. The molecule has 6 nitrogen and oxygen atoms in total. The first-order valence-electron chi connectivity index (χ1n) is 7.03. The fourth-order valence-corrected chi connectivity index (χ4v) is 2.27. The highest BCUT2D eigenvalue weighted by molar-refractivity contribution is 5.87. The third kappa shape index (κ3) is 2.90. The van der Waals surface area contributed by atoms with Crippen molar-refractivity contribution in [1.29, 1.82) is 0 Å². The molecule has 0 bridgehead atoms. The number of aromatic nitrogens is 2. The van der Waals surface area contributed by atoms with Crippen LogP contribution in [-0.2, 0) is 6.42 Å². The molecule has 0 aliphatic rings. The maximum atomic E-state index is 12.1. The van der Waals surface area contributed by atoms with Gasteiger partial charge in [-0.2, -0.15) is 4.57 Å². The van der Waals surface area contributed by atoms with Gasteiger partial charge in [-0.3, -0.25) is 4.98 Å². The lowest BCUT2D eigenvalue weighted by Crippen LogP contribution is -2.34. The van der Waals surface area contributed by atoms with E-state index in [1.807, 2.05) is 12.1 Å². The minimum atomic E-state index is -0.675. The van der Waals surface area contributed by atoms with Crippen LogP contribution in [0.2, 0.25) is 0 Å². The first-order chi connectivity index (χ1) is 10.8. The van der Waals surface area contributed by atoms with Crippen LogP contribution in [-0.4, -0.2) is 22.1 Å². The van der Waals surface area contributed by atoms with Gasteiger partial charge in [-0.1, -0.05) is 18.2 Å². The lowest BCUT2D eigenvalue weighted by atomic mass is 10.1.